The molecule has 0 bridgehead atoms. The Hall–Kier alpha value is -0.650. The number of unbranched alkanes of at least 4 members (excludes halogenated alkanes) is 1. The first-order valence-corrected chi connectivity index (χ1v) is 7.84. The Morgan fingerprint density at radius 3 is 2.75 bits per heavy atom. The number of hydrogen-bond acceptors (Lipinski definition) is 4. The highest BCUT2D eigenvalue weighted by Gasteiger charge is 2.21. The molecule has 20 heavy (non-hydrogen) atoms. The lowest BCUT2D eigenvalue weighted by Gasteiger charge is -2.33. The molecule has 1 heterocycles. The molecule has 1 fully saturated rings. The van der Waals surface area contributed by atoms with Gasteiger partial charge in [-0.15, -0.1) is 0 Å². The van der Waals surface area contributed by atoms with E-state index in [2.05, 4.69) is 17.1 Å². The van der Waals surface area contributed by atoms with E-state index in [1.165, 1.54) is 0 Å². The molecule has 1 unspecified atom stereocenters. The minimum absolute atomic E-state index is 0.0482. The zero-order valence-corrected chi connectivity index (χ0v) is 12.9. The predicted molar refractivity (Wildman–Crippen MR) is 79.6 cm³/mol. The van der Waals surface area contributed by atoms with Crippen LogP contribution in [0.1, 0.15) is 39.5 Å². The SMILES string of the molecule is CCCCOCC(O)CN1CCC(CNC(C)=O)CC1. The summed E-state index contributed by atoms with van der Waals surface area (Å²) in [4.78, 5) is 13.2. The number of rotatable bonds is 9. The molecule has 1 amide bonds. The highest BCUT2D eigenvalue weighted by molar-refractivity contribution is 5.72. The van der Waals surface area contributed by atoms with Crippen LogP contribution in [0.3, 0.4) is 0 Å². The van der Waals surface area contributed by atoms with Crippen LogP contribution in [-0.4, -0.2) is 61.4 Å². The lowest BCUT2D eigenvalue weighted by molar-refractivity contribution is -0.119. The molecular weight excluding hydrogens is 256 g/mol. The summed E-state index contributed by atoms with van der Waals surface area (Å²) in [5.41, 5.74) is 0. The minimum Gasteiger partial charge on any atom is -0.389 e. The second-order valence-corrected chi connectivity index (χ2v) is 5.76. The summed E-state index contributed by atoms with van der Waals surface area (Å²) in [6, 6.07) is 0. The Balaban J connectivity index is 2.07. The van der Waals surface area contributed by atoms with Gasteiger partial charge in [0.2, 0.25) is 5.91 Å². The molecule has 0 saturated carbocycles. The van der Waals surface area contributed by atoms with Gasteiger partial charge in [0.1, 0.15) is 0 Å². The minimum atomic E-state index is -0.390. The van der Waals surface area contributed by atoms with E-state index < -0.39 is 6.10 Å². The van der Waals surface area contributed by atoms with Crippen molar-refractivity contribution in [3.63, 3.8) is 0 Å². The van der Waals surface area contributed by atoms with Gasteiger partial charge in [0.15, 0.2) is 0 Å². The molecule has 0 aromatic heterocycles. The second kappa shape index (κ2) is 10.1. The van der Waals surface area contributed by atoms with E-state index in [0.717, 1.165) is 51.9 Å². The van der Waals surface area contributed by atoms with Crippen molar-refractivity contribution in [2.75, 3.05) is 39.4 Å². The number of aliphatic hydroxyl groups excluding tert-OH is 1. The summed E-state index contributed by atoms with van der Waals surface area (Å²) in [6.45, 7) is 8.34. The lowest BCUT2D eigenvalue weighted by atomic mass is 9.96. The monoisotopic (exact) mass is 286 g/mol. The number of carbonyl (C=O) groups excluding carboxylic acids is 1. The summed E-state index contributed by atoms with van der Waals surface area (Å²) in [7, 11) is 0. The zero-order chi connectivity index (χ0) is 14.8. The molecule has 1 atom stereocenters. The molecular formula is C15H30N2O3. The van der Waals surface area contributed by atoms with Gasteiger partial charge in [-0.05, 0) is 38.3 Å². The number of likely N-dealkylation sites (tertiary alicyclic amines) is 1. The van der Waals surface area contributed by atoms with Crippen LogP contribution < -0.4 is 5.32 Å². The predicted octanol–water partition coefficient (Wildman–Crippen LogP) is 1.01. The molecule has 0 radical (unpaired) electrons. The van der Waals surface area contributed by atoms with Crippen LogP contribution in [0.15, 0.2) is 0 Å². The van der Waals surface area contributed by atoms with E-state index in [1.807, 2.05) is 0 Å². The van der Waals surface area contributed by atoms with Crippen molar-refractivity contribution in [1.82, 2.24) is 10.2 Å². The van der Waals surface area contributed by atoms with E-state index >= 15 is 0 Å². The van der Waals surface area contributed by atoms with Gasteiger partial charge in [0.05, 0.1) is 12.7 Å². The summed E-state index contributed by atoms with van der Waals surface area (Å²) in [5.74, 6) is 0.625. The molecule has 0 aromatic carbocycles. The summed E-state index contributed by atoms with van der Waals surface area (Å²) >= 11 is 0. The Bertz CT molecular complexity index is 266. The van der Waals surface area contributed by atoms with Crippen molar-refractivity contribution in [1.29, 1.82) is 0 Å². The van der Waals surface area contributed by atoms with Gasteiger partial charge < -0.3 is 20.1 Å². The van der Waals surface area contributed by atoms with E-state index in [9.17, 15) is 9.90 Å². The van der Waals surface area contributed by atoms with Crippen LogP contribution in [0.4, 0.5) is 0 Å². The summed E-state index contributed by atoms with van der Waals surface area (Å²) in [5, 5.41) is 12.8. The van der Waals surface area contributed by atoms with E-state index in [1.54, 1.807) is 6.92 Å². The number of amides is 1. The molecule has 1 aliphatic rings. The third-order valence-corrected chi connectivity index (χ3v) is 3.77. The second-order valence-electron chi connectivity index (χ2n) is 5.76. The molecule has 1 rings (SSSR count). The number of hydrogen-bond donors (Lipinski definition) is 2. The van der Waals surface area contributed by atoms with Crippen LogP contribution in [0, 0.1) is 5.92 Å². The lowest BCUT2D eigenvalue weighted by Crippen LogP contribution is -2.42. The maximum absolute atomic E-state index is 10.9. The fourth-order valence-electron chi connectivity index (χ4n) is 2.48. The highest BCUT2D eigenvalue weighted by atomic mass is 16.5. The van der Waals surface area contributed by atoms with Crippen LogP contribution in [0.5, 0.6) is 0 Å². The third-order valence-electron chi connectivity index (χ3n) is 3.77. The Morgan fingerprint density at radius 2 is 2.15 bits per heavy atom. The van der Waals surface area contributed by atoms with Crippen molar-refractivity contribution < 1.29 is 14.6 Å². The number of piperidine rings is 1. The van der Waals surface area contributed by atoms with Crippen molar-refractivity contribution in [2.45, 2.75) is 45.6 Å². The van der Waals surface area contributed by atoms with E-state index in [0.29, 0.717) is 19.1 Å². The van der Waals surface area contributed by atoms with E-state index in [4.69, 9.17) is 4.74 Å². The summed E-state index contributed by atoms with van der Waals surface area (Å²) in [6.07, 6.45) is 3.96. The van der Waals surface area contributed by atoms with Crippen LogP contribution in [0.2, 0.25) is 0 Å². The topological polar surface area (TPSA) is 61.8 Å². The molecule has 0 spiro atoms. The van der Waals surface area contributed by atoms with Gasteiger partial charge in [-0.3, -0.25) is 4.79 Å². The Kier molecular flexibility index (Phi) is 8.82. The number of carbonyl (C=O) groups is 1. The molecule has 1 aliphatic heterocycles. The van der Waals surface area contributed by atoms with Gasteiger partial charge >= 0.3 is 0 Å². The quantitative estimate of drug-likeness (QED) is 0.621. The molecule has 0 aliphatic carbocycles. The first-order chi connectivity index (χ1) is 9.61. The fraction of sp³-hybridized carbons (Fsp3) is 0.933. The highest BCUT2D eigenvalue weighted by Crippen LogP contribution is 2.16. The average Bonchev–Trinajstić information content (AvgIpc) is 2.43. The van der Waals surface area contributed by atoms with Crippen molar-refractivity contribution >= 4 is 5.91 Å². The standard InChI is InChI=1S/C15H30N2O3/c1-3-4-9-20-12-15(19)11-17-7-5-14(6-8-17)10-16-13(2)18/h14-15,19H,3-12H2,1-2H3,(H,16,18). The zero-order valence-electron chi connectivity index (χ0n) is 12.9. The smallest absolute Gasteiger partial charge is 0.216 e. The maximum atomic E-state index is 10.9. The van der Waals surface area contributed by atoms with Gasteiger partial charge in [-0.1, -0.05) is 13.3 Å². The molecule has 0 aromatic rings. The molecule has 118 valence electrons. The number of ether oxygens (including phenoxy) is 1. The number of aliphatic hydroxyl groups is 1. The largest absolute Gasteiger partial charge is 0.389 e. The number of nitrogens with one attached hydrogen (secondary N) is 1. The first kappa shape index (κ1) is 17.4. The summed E-state index contributed by atoms with van der Waals surface area (Å²) < 4.78 is 5.44. The first-order valence-electron chi connectivity index (χ1n) is 7.84. The molecule has 2 N–H and O–H groups in total. The number of β-amino-alcohol motifs (C(OH)–C–C–N with tert-alkyl or cyclic N) is 1. The fourth-order valence-corrected chi connectivity index (χ4v) is 2.48. The van der Waals surface area contributed by atoms with Crippen LogP contribution in [0.25, 0.3) is 0 Å². The molecule has 5 nitrogen and oxygen atoms in total. The van der Waals surface area contributed by atoms with Gasteiger partial charge in [-0.25, -0.2) is 0 Å². The Labute approximate surface area is 122 Å². The normalized spacial score (nSPS) is 18.9. The van der Waals surface area contributed by atoms with Gasteiger partial charge in [0, 0.05) is 26.6 Å². The van der Waals surface area contributed by atoms with Crippen molar-refractivity contribution in [3.8, 4) is 0 Å². The van der Waals surface area contributed by atoms with Crippen LogP contribution >= 0.6 is 0 Å². The number of nitrogens with zero attached hydrogens (tertiary/aromatic N) is 1. The van der Waals surface area contributed by atoms with Crippen LogP contribution in [-0.2, 0) is 9.53 Å². The molecule has 5 heteroatoms. The van der Waals surface area contributed by atoms with E-state index in [-0.39, 0.29) is 5.91 Å². The molecule has 1 saturated heterocycles. The maximum Gasteiger partial charge on any atom is 0.216 e. The van der Waals surface area contributed by atoms with Gasteiger partial charge in [-0.2, -0.15) is 0 Å². The van der Waals surface area contributed by atoms with Crippen molar-refractivity contribution in [3.05, 3.63) is 0 Å². The van der Waals surface area contributed by atoms with Crippen molar-refractivity contribution in [2.24, 2.45) is 5.92 Å². The Morgan fingerprint density at radius 1 is 1.45 bits per heavy atom. The average molecular weight is 286 g/mol. The third kappa shape index (κ3) is 7.82. The van der Waals surface area contributed by atoms with Gasteiger partial charge in [0.25, 0.3) is 0 Å².